The molecule has 0 bridgehead atoms. The van der Waals surface area contributed by atoms with Gasteiger partial charge in [0.1, 0.15) is 0 Å². The van der Waals surface area contributed by atoms with Gasteiger partial charge in [-0.2, -0.15) is 0 Å². The van der Waals surface area contributed by atoms with E-state index in [2.05, 4.69) is 4.99 Å². The normalized spacial score (nSPS) is 19.8. The highest BCUT2D eigenvalue weighted by atomic mass is 16.6. The van der Waals surface area contributed by atoms with Crippen molar-refractivity contribution in [3.8, 4) is 0 Å². The molecule has 1 aliphatic rings. The van der Waals surface area contributed by atoms with Gasteiger partial charge in [-0.1, -0.05) is 12.8 Å². The molecule has 0 aromatic heterocycles. The Morgan fingerprint density at radius 2 is 2.17 bits per heavy atom. The summed E-state index contributed by atoms with van der Waals surface area (Å²) in [6, 6.07) is 0.241. The standard InChI is InChI=1S/C7H13N3O2/c8-7(5-10(11)12)9-6-3-1-2-4-6/h6H,1-5H2,(H2,8,9). The first-order valence-corrected chi connectivity index (χ1v) is 4.12. The first-order chi connectivity index (χ1) is 5.68. The van der Waals surface area contributed by atoms with E-state index in [1.807, 2.05) is 0 Å². The summed E-state index contributed by atoms with van der Waals surface area (Å²) in [7, 11) is 0. The molecular formula is C7H13N3O2. The maximum Gasteiger partial charge on any atom is 0.259 e. The zero-order chi connectivity index (χ0) is 8.97. The van der Waals surface area contributed by atoms with Crippen molar-refractivity contribution in [2.45, 2.75) is 31.7 Å². The number of aliphatic imine (C=N–C) groups is 1. The molecule has 5 nitrogen and oxygen atoms in total. The van der Waals surface area contributed by atoms with E-state index in [4.69, 9.17) is 5.73 Å². The molecule has 68 valence electrons. The molecule has 0 amide bonds. The highest BCUT2D eigenvalue weighted by Gasteiger charge is 2.14. The molecule has 12 heavy (non-hydrogen) atoms. The summed E-state index contributed by atoms with van der Waals surface area (Å²) >= 11 is 0. The van der Waals surface area contributed by atoms with Crippen LogP contribution in [0.4, 0.5) is 0 Å². The second kappa shape index (κ2) is 4.04. The second-order valence-electron chi connectivity index (χ2n) is 3.05. The van der Waals surface area contributed by atoms with Crippen LogP contribution in [0.3, 0.4) is 0 Å². The van der Waals surface area contributed by atoms with Crippen molar-refractivity contribution in [1.29, 1.82) is 0 Å². The van der Waals surface area contributed by atoms with Gasteiger partial charge in [0.2, 0.25) is 0 Å². The summed E-state index contributed by atoms with van der Waals surface area (Å²) in [4.78, 5) is 13.6. The zero-order valence-corrected chi connectivity index (χ0v) is 6.90. The van der Waals surface area contributed by atoms with E-state index in [0.29, 0.717) is 0 Å². The van der Waals surface area contributed by atoms with E-state index < -0.39 is 4.92 Å². The number of hydrogen-bond donors (Lipinski definition) is 1. The van der Waals surface area contributed by atoms with E-state index in [-0.39, 0.29) is 18.4 Å². The minimum atomic E-state index is -0.451. The van der Waals surface area contributed by atoms with Crippen molar-refractivity contribution in [2.24, 2.45) is 10.7 Å². The van der Waals surface area contributed by atoms with E-state index in [0.717, 1.165) is 12.8 Å². The molecule has 0 spiro atoms. The molecule has 0 heterocycles. The summed E-state index contributed by atoms with van der Waals surface area (Å²) in [5.41, 5.74) is 5.36. The molecule has 0 saturated heterocycles. The minimum absolute atomic E-state index is 0.159. The van der Waals surface area contributed by atoms with Gasteiger partial charge in [-0.05, 0) is 12.8 Å². The Bertz CT molecular complexity index is 197. The topological polar surface area (TPSA) is 81.5 Å². The van der Waals surface area contributed by atoms with Crippen molar-refractivity contribution < 1.29 is 4.92 Å². The van der Waals surface area contributed by atoms with Crippen LogP contribution >= 0.6 is 0 Å². The Hall–Kier alpha value is -1.13. The molecule has 1 aliphatic carbocycles. The number of nitrogens with two attached hydrogens (primary N) is 1. The van der Waals surface area contributed by atoms with Crippen LogP contribution in [0.25, 0.3) is 0 Å². The third kappa shape index (κ3) is 2.86. The van der Waals surface area contributed by atoms with Crippen LogP contribution in [0.2, 0.25) is 0 Å². The zero-order valence-electron chi connectivity index (χ0n) is 6.90. The van der Waals surface area contributed by atoms with Crippen LogP contribution in [0.1, 0.15) is 25.7 Å². The maximum atomic E-state index is 10.0. The SMILES string of the molecule is NC(C[N+](=O)[O-])=NC1CCCC1. The third-order valence-corrected chi connectivity index (χ3v) is 1.96. The van der Waals surface area contributed by atoms with Crippen molar-refractivity contribution in [2.75, 3.05) is 6.54 Å². The van der Waals surface area contributed by atoms with Gasteiger partial charge in [0.15, 0.2) is 5.84 Å². The van der Waals surface area contributed by atoms with E-state index in [1.54, 1.807) is 0 Å². The van der Waals surface area contributed by atoms with Crippen LogP contribution in [-0.2, 0) is 0 Å². The molecule has 0 unspecified atom stereocenters. The van der Waals surface area contributed by atoms with Crippen molar-refractivity contribution in [3.05, 3.63) is 10.1 Å². The Morgan fingerprint density at radius 1 is 1.58 bits per heavy atom. The number of nitrogens with zero attached hydrogens (tertiary/aromatic N) is 2. The summed E-state index contributed by atoms with van der Waals surface area (Å²) in [6.07, 6.45) is 4.39. The van der Waals surface area contributed by atoms with E-state index in [9.17, 15) is 10.1 Å². The molecule has 0 radical (unpaired) electrons. The van der Waals surface area contributed by atoms with E-state index in [1.165, 1.54) is 12.8 Å². The molecule has 1 saturated carbocycles. The molecule has 0 aliphatic heterocycles. The van der Waals surface area contributed by atoms with Crippen LogP contribution < -0.4 is 5.73 Å². The monoisotopic (exact) mass is 171 g/mol. The van der Waals surface area contributed by atoms with Crippen molar-refractivity contribution in [3.63, 3.8) is 0 Å². The van der Waals surface area contributed by atoms with Crippen LogP contribution in [-0.4, -0.2) is 23.3 Å². The van der Waals surface area contributed by atoms with Crippen molar-refractivity contribution in [1.82, 2.24) is 0 Å². The fraction of sp³-hybridized carbons (Fsp3) is 0.857. The third-order valence-electron chi connectivity index (χ3n) is 1.96. The van der Waals surface area contributed by atoms with Gasteiger partial charge in [0, 0.05) is 4.92 Å². The first-order valence-electron chi connectivity index (χ1n) is 4.12. The van der Waals surface area contributed by atoms with Gasteiger partial charge in [-0.15, -0.1) is 0 Å². The number of rotatable bonds is 3. The predicted molar refractivity (Wildman–Crippen MR) is 45.7 cm³/mol. The quantitative estimate of drug-likeness (QED) is 0.291. The average Bonchev–Trinajstić information content (AvgIpc) is 2.37. The highest BCUT2D eigenvalue weighted by Crippen LogP contribution is 2.20. The van der Waals surface area contributed by atoms with Gasteiger partial charge < -0.3 is 5.73 Å². The van der Waals surface area contributed by atoms with E-state index >= 15 is 0 Å². The Morgan fingerprint density at radius 3 is 2.67 bits per heavy atom. The molecule has 0 aromatic carbocycles. The summed E-state index contributed by atoms with van der Waals surface area (Å²) in [5.74, 6) is 0.159. The number of amidine groups is 1. The molecule has 1 rings (SSSR count). The molecular weight excluding hydrogens is 158 g/mol. The fourth-order valence-electron chi connectivity index (χ4n) is 1.44. The smallest absolute Gasteiger partial charge is 0.259 e. The maximum absolute atomic E-state index is 10.0. The first kappa shape index (κ1) is 8.96. The fourth-order valence-corrected chi connectivity index (χ4v) is 1.44. The molecule has 5 heteroatoms. The van der Waals surface area contributed by atoms with Gasteiger partial charge in [-0.3, -0.25) is 15.1 Å². The lowest BCUT2D eigenvalue weighted by molar-refractivity contribution is -0.463. The van der Waals surface area contributed by atoms with Gasteiger partial charge in [0.05, 0.1) is 6.04 Å². The average molecular weight is 171 g/mol. The lowest BCUT2D eigenvalue weighted by atomic mass is 10.3. The van der Waals surface area contributed by atoms with Crippen molar-refractivity contribution >= 4 is 5.84 Å². The minimum Gasteiger partial charge on any atom is -0.382 e. The largest absolute Gasteiger partial charge is 0.382 e. The number of nitro groups is 1. The predicted octanol–water partition coefficient (Wildman–Crippen LogP) is 0.563. The van der Waals surface area contributed by atoms with Crippen LogP contribution in [0.5, 0.6) is 0 Å². The lowest BCUT2D eigenvalue weighted by Crippen LogP contribution is -2.24. The lowest BCUT2D eigenvalue weighted by Gasteiger charge is -2.01. The Labute approximate surface area is 70.8 Å². The number of hydrogen-bond acceptors (Lipinski definition) is 3. The molecule has 2 N–H and O–H groups in total. The second-order valence-corrected chi connectivity index (χ2v) is 3.05. The van der Waals surface area contributed by atoms with Gasteiger partial charge in [0.25, 0.3) is 6.54 Å². The highest BCUT2D eigenvalue weighted by molar-refractivity contribution is 5.81. The summed E-state index contributed by atoms with van der Waals surface area (Å²) < 4.78 is 0. The van der Waals surface area contributed by atoms with Gasteiger partial charge >= 0.3 is 0 Å². The molecule has 0 aromatic rings. The van der Waals surface area contributed by atoms with Crippen LogP contribution in [0.15, 0.2) is 4.99 Å². The van der Waals surface area contributed by atoms with Gasteiger partial charge in [-0.25, -0.2) is 0 Å². The Kier molecular flexibility index (Phi) is 3.01. The summed E-state index contributed by atoms with van der Waals surface area (Å²) in [5, 5.41) is 10.0. The molecule has 1 fully saturated rings. The summed E-state index contributed by atoms with van der Waals surface area (Å²) in [6.45, 7) is -0.323. The van der Waals surface area contributed by atoms with Crippen LogP contribution in [0, 0.1) is 10.1 Å². The Balaban J connectivity index is 2.38. The molecule has 0 atom stereocenters.